The van der Waals surface area contributed by atoms with Crippen LogP contribution in [0.2, 0.25) is 0 Å². The van der Waals surface area contributed by atoms with Crippen molar-refractivity contribution < 1.29 is 23.8 Å². The predicted molar refractivity (Wildman–Crippen MR) is 124 cm³/mol. The molecule has 0 bridgehead atoms. The van der Waals surface area contributed by atoms with Crippen molar-refractivity contribution in [3.63, 3.8) is 0 Å². The molecule has 1 aromatic heterocycles. The van der Waals surface area contributed by atoms with Gasteiger partial charge in [-0.25, -0.2) is 4.98 Å². The summed E-state index contributed by atoms with van der Waals surface area (Å²) in [5.74, 6) is 0.489. The third kappa shape index (κ3) is 4.66. The van der Waals surface area contributed by atoms with E-state index < -0.39 is 0 Å². The zero-order chi connectivity index (χ0) is 22.8. The van der Waals surface area contributed by atoms with Crippen molar-refractivity contribution in [2.24, 2.45) is 5.92 Å². The summed E-state index contributed by atoms with van der Waals surface area (Å²) < 4.78 is 17.3. The van der Waals surface area contributed by atoms with Gasteiger partial charge in [0.15, 0.2) is 18.1 Å². The summed E-state index contributed by atoms with van der Waals surface area (Å²) in [5.41, 5.74) is 1.86. The Kier molecular flexibility index (Phi) is 6.17. The Balaban J connectivity index is 1.19. The van der Waals surface area contributed by atoms with Crippen molar-refractivity contribution in [1.29, 1.82) is 0 Å². The molecule has 3 unspecified atom stereocenters. The van der Waals surface area contributed by atoms with Crippen LogP contribution in [0.3, 0.4) is 0 Å². The Bertz CT molecular complexity index is 1140. The number of nitrogens with zero attached hydrogens (tertiary/aromatic N) is 1. The van der Waals surface area contributed by atoms with E-state index in [0.29, 0.717) is 11.5 Å². The van der Waals surface area contributed by atoms with E-state index in [0.717, 1.165) is 46.5 Å². The highest BCUT2D eigenvalue weighted by Crippen LogP contribution is 2.41. The molecule has 1 aliphatic heterocycles. The van der Waals surface area contributed by atoms with Crippen LogP contribution in [0, 0.1) is 5.92 Å². The lowest BCUT2D eigenvalue weighted by Crippen LogP contribution is -2.34. The first-order valence-corrected chi connectivity index (χ1v) is 12.1. The van der Waals surface area contributed by atoms with Gasteiger partial charge in [0, 0.05) is 5.92 Å². The third-order valence-corrected chi connectivity index (χ3v) is 7.48. The maximum atomic E-state index is 12.9. The number of thiazole rings is 1. The lowest BCUT2D eigenvalue weighted by molar-refractivity contribution is -0.154. The largest absolute Gasteiger partial charge is 0.455 e. The van der Waals surface area contributed by atoms with Gasteiger partial charge in [0.2, 0.25) is 6.79 Å². The molecule has 2 heterocycles. The molecule has 2 aromatic carbocycles. The lowest BCUT2D eigenvalue weighted by atomic mass is 9.79. The van der Waals surface area contributed by atoms with Gasteiger partial charge in [0.1, 0.15) is 0 Å². The molecule has 2 aliphatic rings. The minimum Gasteiger partial charge on any atom is -0.455 e. The summed E-state index contributed by atoms with van der Waals surface area (Å²) in [6.45, 7) is 1.78. The molecule has 1 saturated carbocycles. The smallest absolute Gasteiger partial charge is 0.310 e. The fourth-order valence-corrected chi connectivity index (χ4v) is 5.72. The summed E-state index contributed by atoms with van der Waals surface area (Å²) in [6.07, 6.45) is 3.72. The number of carbonyl (C=O) groups is 2. The molecule has 172 valence electrons. The molecule has 7 nitrogen and oxygen atoms in total. The number of aromatic nitrogens is 1. The second-order valence-corrected chi connectivity index (χ2v) is 9.59. The van der Waals surface area contributed by atoms with E-state index in [1.807, 2.05) is 43.3 Å². The Morgan fingerprint density at radius 3 is 2.85 bits per heavy atom. The summed E-state index contributed by atoms with van der Waals surface area (Å²) >= 11 is 1.65. The number of hydrogen-bond donors (Lipinski definition) is 1. The second-order valence-electron chi connectivity index (χ2n) is 8.53. The number of benzene rings is 2. The zero-order valence-electron chi connectivity index (χ0n) is 18.4. The lowest BCUT2D eigenvalue weighted by Gasteiger charge is -2.28. The number of esters is 1. The Morgan fingerprint density at radius 1 is 1.15 bits per heavy atom. The molecule has 33 heavy (non-hydrogen) atoms. The van der Waals surface area contributed by atoms with Crippen LogP contribution in [0.5, 0.6) is 11.5 Å². The standard InChI is InChI=1S/C25H26N2O5S/c1-15(16-10-11-20-21(12-16)32-14-31-20)26-23(28)13-30-25(29)18-7-3-2-6-17(18)24-27-19-8-4-5-9-22(19)33-24/h4-5,8-12,15,17-18H,2-3,6-7,13-14H2,1H3,(H,26,28). The maximum absolute atomic E-state index is 12.9. The monoisotopic (exact) mass is 466 g/mol. The molecule has 0 radical (unpaired) electrons. The first-order chi connectivity index (χ1) is 16.1. The van der Waals surface area contributed by atoms with Gasteiger partial charge in [-0.2, -0.15) is 0 Å². The Morgan fingerprint density at radius 2 is 1.97 bits per heavy atom. The van der Waals surface area contributed by atoms with Crippen molar-refractivity contribution in [1.82, 2.24) is 10.3 Å². The van der Waals surface area contributed by atoms with E-state index in [2.05, 4.69) is 11.4 Å². The summed E-state index contributed by atoms with van der Waals surface area (Å²) in [7, 11) is 0. The van der Waals surface area contributed by atoms with Crippen molar-refractivity contribution in [2.45, 2.75) is 44.6 Å². The molecule has 3 aromatic rings. The van der Waals surface area contributed by atoms with E-state index in [4.69, 9.17) is 19.2 Å². The third-order valence-electron chi connectivity index (χ3n) is 6.32. The van der Waals surface area contributed by atoms with Gasteiger partial charge in [-0.15, -0.1) is 11.3 Å². The van der Waals surface area contributed by atoms with Gasteiger partial charge < -0.3 is 19.5 Å². The van der Waals surface area contributed by atoms with E-state index in [-0.39, 0.29) is 43.2 Å². The van der Waals surface area contributed by atoms with Crippen molar-refractivity contribution >= 4 is 33.4 Å². The van der Waals surface area contributed by atoms with Gasteiger partial charge in [0.25, 0.3) is 5.91 Å². The van der Waals surface area contributed by atoms with Gasteiger partial charge in [0.05, 0.1) is 27.2 Å². The van der Waals surface area contributed by atoms with Crippen LogP contribution in [0.15, 0.2) is 42.5 Å². The predicted octanol–water partition coefficient (Wildman–Crippen LogP) is 4.72. The molecular weight excluding hydrogens is 440 g/mol. The average molecular weight is 467 g/mol. The molecule has 0 spiro atoms. The minimum atomic E-state index is -0.333. The Hall–Kier alpha value is -3.13. The average Bonchev–Trinajstić information content (AvgIpc) is 3.48. The second kappa shape index (κ2) is 9.39. The van der Waals surface area contributed by atoms with Crippen molar-refractivity contribution in [3.05, 3.63) is 53.0 Å². The number of hydrogen-bond acceptors (Lipinski definition) is 7. The quantitative estimate of drug-likeness (QED) is 0.529. The van der Waals surface area contributed by atoms with Gasteiger partial charge in [-0.1, -0.05) is 31.0 Å². The molecule has 1 aliphatic carbocycles. The number of para-hydroxylation sites is 1. The fraction of sp³-hybridized carbons (Fsp3) is 0.400. The SMILES string of the molecule is CC(NC(=O)COC(=O)C1CCCCC1c1nc2ccccc2s1)c1ccc2c(c1)OCO2. The van der Waals surface area contributed by atoms with E-state index >= 15 is 0 Å². The van der Waals surface area contributed by atoms with Gasteiger partial charge in [-0.3, -0.25) is 9.59 Å². The van der Waals surface area contributed by atoms with E-state index in [1.54, 1.807) is 11.3 Å². The first kappa shape index (κ1) is 21.7. The van der Waals surface area contributed by atoms with Crippen molar-refractivity contribution in [3.8, 4) is 11.5 Å². The van der Waals surface area contributed by atoms with Crippen LogP contribution < -0.4 is 14.8 Å². The van der Waals surface area contributed by atoms with Crippen LogP contribution >= 0.6 is 11.3 Å². The van der Waals surface area contributed by atoms with Crippen molar-refractivity contribution in [2.75, 3.05) is 13.4 Å². The number of carbonyl (C=O) groups excluding carboxylic acids is 2. The number of amides is 1. The van der Waals surface area contributed by atoms with Gasteiger partial charge >= 0.3 is 5.97 Å². The number of rotatable bonds is 6. The topological polar surface area (TPSA) is 86.8 Å². The number of fused-ring (bicyclic) bond motifs is 2. The minimum absolute atomic E-state index is 0.0410. The molecule has 0 saturated heterocycles. The van der Waals surface area contributed by atoms with Crippen LogP contribution in [-0.4, -0.2) is 30.3 Å². The summed E-state index contributed by atoms with van der Waals surface area (Å²) in [6, 6.07) is 13.3. The van der Waals surface area contributed by atoms with Crippen LogP contribution in [-0.2, 0) is 14.3 Å². The summed E-state index contributed by atoms with van der Waals surface area (Å²) in [5, 5.41) is 3.87. The normalized spacial score (nSPS) is 20.4. The highest BCUT2D eigenvalue weighted by atomic mass is 32.1. The Labute approximate surface area is 196 Å². The summed E-state index contributed by atoms with van der Waals surface area (Å²) in [4.78, 5) is 30.2. The fourth-order valence-electron chi connectivity index (χ4n) is 4.55. The molecule has 1 amide bonds. The van der Waals surface area contributed by atoms with Gasteiger partial charge in [-0.05, 0) is 49.6 Å². The maximum Gasteiger partial charge on any atom is 0.310 e. The number of ether oxygens (including phenoxy) is 3. The van der Waals surface area contributed by atoms with E-state index in [9.17, 15) is 9.59 Å². The van der Waals surface area contributed by atoms with E-state index in [1.165, 1.54) is 0 Å². The first-order valence-electron chi connectivity index (χ1n) is 11.3. The zero-order valence-corrected chi connectivity index (χ0v) is 19.2. The molecule has 8 heteroatoms. The van der Waals surface area contributed by atoms with Crippen LogP contribution in [0.4, 0.5) is 0 Å². The van der Waals surface area contributed by atoms with Crippen LogP contribution in [0.1, 0.15) is 55.1 Å². The molecular formula is C25H26N2O5S. The molecule has 1 N–H and O–H groups in total. The molecule has 1 fully saturated rings. The number of nitrogens with one attached hydrogen (secondary N) is 1. The molecule has 5 rings (SSSR count). The highest BCUT2D eigenvalue weighted by molar-refractivity contribution is 7.18. The highest BCUT2D eigenvalue weighted by Gasteiger charge is 2.35. The molecule has 3 atom stereocenters. The van der Waals surface area contributed by atoms with Crippen LogP contribution in [0.25, 0.3) is 10.2 Å².